The molecule has 1 saturated heterocycles. The van der Waals surface area contributed by atoms with Crippen LogP contribution in [0.15, 0.2) is 48.7 Å². The van der Waals surface area contributed by atoms with Crippen molar-refractivity contribution in [3.8, 4) is 0 Å². The summed E-state index contributed by atoms with van der Waals surface area (Å²) < 4.78 is 0. The number of likely N-dealkylation sites (tertiary alicyclic amines) is 1. The van der Waals surface area contributed by atoms with Crippen molar-refractivity contribution in [1.82, 2.24) is 9.88 Å². The van der Waals surface area contributed by atoms with Crippen LogP contribution in [0, 0.1) is 5.92 Å². The number of nitrogens with two attached hydrogens (primary N) is 1. The predicted molar refractivity (Wildman–Crippen MR) is 97.0 cm³/mol. The van der Waals surface area contributed by atoms with E-state index in [-0.39, 0.29) is 17.6 Å². The van der Waals surface area contributed by atoms with Crippen molar-refractivity contribution < 1.29 is 9.59 Å². The van der Waals surface area contributed by atoms with E-state index in [1.807, 2.05) is 30.3 Å². The lowest BCUT2D eigenvalue weighted by atomic mass is 9.90. The third-order valence-electron chi connectivity index (χ3n) is 4.69. The number of ketones is 1. The molecule has 0 radical (unpaired) electrons. The zero-order valence-corrected chi connectivity index (χ0v) is 14.2. The molecule has 0 spiro atoms. The SMILES string of the molecule is Nc1cc(C(=O)N2CCC[C@@H](C(=O)CCc3ccccc3)C2)ccn1. The lowest BCUT2D eigenvalue weighted by molar-refractivity contribution is -0.124. The van der Waals surface area contributed by atoms with Crippen LogP contribution in [0.4, 0.5) is 5.82 Å². The van der Waals surface area contributed by atoms with Gasteiger partial charge < -0.3 is 10.6 Å². The zero-order valence-electron chi connectivity index (χ0n) is 14.2. The molecule has 5 heteroatoms. The molecule has 25 heavy (non-hydrogen) atoms. The average molecular weight is 337 g/mol. The van der Waals surface area contributed by atoms with Crippen LogP contribution in [0.3, 0.4) is 0 Å². The van der Waals surface area contributed by atoms with E-state index >= 15 is 0 Å². The molecule has 1 aromatic heterocycles. The Kier molecular flexibility index (Phi) is 5.43. The topological polar surface area (TPSA) is 76.3 Å². The van der Waals surface area contributed by atoms with E-state index in [9.17, 15) is 9.59 Å². The first-order chi connectivity index (χ1) is 12.1. The number of hydrogen-bond acceptors (Lipinski definition) is 4. The van der Waals surface area contributed by atoms with Crippen LogP contribution >= 0.6 is 0 Å². The molecule has 1 aliphatic rings. The summed E-state index contributed by atoms with van der Waals surface area (Å²) in [6.07, 6.45) is 4.53. The molecule has 3 rings (SSSR count). The highest BCUT2D eigenvalue weighted by Crippen LogP contribution is 2.21. The highest BCUT2D eigenvalue weighted by atomic mass is 16.2. The quantitative estimate of drug-likeness (QED) is 0.910. The van der Waals surface area contributed by atoms with E-state index in [1.54, 1.807) is 17.0 Å². The second-order valence-corrected chi connectivity index (χ2v) is 6.51. The van der Waals surface area contributed by atoms with E-state index in [1.165, 1.54) is 11.8 Å². The monoisotopic (exact) mass is 337 g/mol. The van der Waals surface area contributed by atoms with Crippen molar-refractivity contribution >= 4 is 17.5 Å². The standard InChI is InChI=1S/C20H23N3O2/c21-19-13-16(10-11-22-19)20(25)23-12-4-7-17(14-23)18(24)9-8-15-5-2-1-3-6-15/h1-3,5-6,10-11,13,17H,4,7-9,12,14H2,(H2,21,22)/t17-/m1/s1. The summed E-state index contributed by atoms with van der Waals surface area (Å²) in [7, 11) is 0. The fourth-order valence-electron chi connectivity index (χ4n) is 3.30. The minimum absolute atomic E-state index is 0.0689. The van der Waals surface area contributed by atoms with E-state index in [4.69, 9.17) is 5.73 Å². The fourth-order valence-corrected chi connectivity index (χ4v) is 3.30. The van der Waals surface area contributed by atoms with Crippen molar-refractivity contribution in [2.75, 3.05) is 18.8 Å². The number of pyridine rings is 1. The van der Waals surface area contributed by atoms with Gasteiger partial charge in [0.25, 0.3) is 5.91 Å². The lowest BCUT2D eigenvalue weighted by Gasteiger charge is -2.32. The Balaban J connectivity index is 1.58. The number of benzene rings is 1. The summed E-state index contributed by atoms with van der Waals surface area (Å²) in [4.78, 5) is 30.9. The molecule has 0 unspecified atom stereocenters. The molecule has 0 saturated carbocycles. The van der Waals surface area contributed by atoms with Crippen molar-refractivity contribution in [1.29, 1.82) is 0 Å². The van der Waals surface area contributed by atoms with Gasteiger partial charge in [-0.25, -0.2) is 4.98 Å². The summed E-state index contributed by atoms with van der Waals surface area (Å²) in [5, 5.41) is 0. The van der Waals surface area contributed by atoms with Gasteiger partial charge in [-0.15, -0.1) is 0 Å². The molecular weight excluding hydrogens is 314 g/mol. The summed E-state index contributed by atoms with van der Waals surface area (Å²) >= 11 is 0. The van der Waals surface area contributed by atoms with Crippen LogP contribution < -0.4 is 5.73 Å². The minimum Gasteiger partial charge on any atom is -0.384 e. The van der Waals surface area contributed by atoms with Gasteiger partial charge in [-0.3, -0.25) is 9.59 Å². The molecule has 1 atom stereocenters. The van der Waals surface area contributed by atoms with E-state index in [2.05, 4.69) is 4.98 Å². The first kappa shape index (κ1) is 17.1. The van der Waals surface area contributed by atoms with Crippen molar-refractivity contribution in [3.05, 3.63) is 59.8 Å². The summed E-state index contributed by atoms with van der Waals surface area (Å²) in [5.74, 6) is 0.434. The number of amides is 1. The molecule has 5 nitrogen and oxygen atoms in total. The van der Waals surface area contributed by atoms with Gasteiger partial charge in [0.2, 0.25) is 0 Å². The maximum absolute atomic E-state index is 12.6. The molecule has 2 aromatic rings. The van der Waals surface area contributed by atoms with Crippen molar-refractivity contribution in [2.45, 2.75) is 25.7 Å². The number of Topliss-reactive ketones (excluding diaryl/α,β-unsaturated/α-hetero) is 1. The van der Waals surface area contributed by atoms with Crippen LogP contribution in [0.2, 0.25) is 0 Å². The second-order valence-electron chi connectivity index (χ2n) is 6.51. The van der Waals surface area contributed by atoms with Gasteiger partial charge in [0, 0.05) is 37.2 Å². The molecule has 0 aliphatic carbocycles. The summed E-state index contributed by atoms with van der Waals surface area (Å²) in [6.45, 7) is 1.18. The van der Waals surface area contributed by atoms with E-state index in [0.29, 0.717) is 30.9 Å². The van der Waals surface area contributed by atoms with Crippen molar-refractivity contribution in [3.63, 3.8) is 0 Å². The van der Waals surface area contributed by atoms with Crippen molar-refractivity contribution in [2.24, 2.45) is 5.92 Å². The summed E-state index contributed by atoms with van der Waals surface area (Å²) in [6, 6.07) is 13.3. The Morgan fingerprint density at radius 3 is 2.76 bits per heavy atom. The number of hydrogen-bond donors (Lipinski definition) is 1. The molecule has 1 fully saturated rings. The van der Waals surface area contributed by atoms with Gasteiger partial charge >= 0.3 is 0 Å². The normalized spacial score (nSPS) is 17.3. The molecule has 2 N–H and O–H groups in total. The van der Waals surface area contributed by atoms with Gasteiger partial charge in [-0.1, -0.05) is 30.3 Å². The number of nitrogen functional groups attached to an aromatic ring is 1. The molecule has 130 valence electrons. The third-order valence-corrected chi connectivity index (χ3v) is 4.69. The predicted octanol–water partition coefficient (Wildman–Crippen LogP) is 2.72. The molecule has 1 aliphatic heterocycles. The Morgan fingerprint density at radius 2 is 2.00 bits per heavy atom. The number of anilines is 1. The second kappa shape index (κ2) is 7.92. The van der Waals surface area contributed by atoms with Gasteiger partial charge in [-0.05, 0) is 37.0 Å². The molecule has 0 bridgehead atoms. The summed E-state index contributed by atoms with van der Waals surface area (Å²) in [5.41, 5.74) is 7.37. The highest BCUT2D eigenvalue weighted by Gasteiger charge is 2.28. The molecule has 1 amide bonds. The van der Waals surface area contributed by atoms with Gasteiger partial charge in [-0.2, -0.15) is 0 Å². The number of aryl methyl sites for hydroxylation is 1. The maximum Gasteiger partial charge on any atom is 0.254 e. The number of rotatable bonds is 5. The lowest BCUT2D eigenvalue weighted by Crippen LogP contribution is -2.42. The Hall–Kier alpha value is -2.69. The fraction of sp³-hybridized carbons (Fsp3) is 0.350. The number of nitrogens with zero attached hydrogens (tertiary/aromatic N) is 2. The Bertz CT molecular complexity index is 746. The van der Waals surface area contributed by atoms with Crippen LogP contribution in [-0.2, 0) is 11.2 Å². The number of carbonyl (C=O) groups excluding carboxylic acids is 2. The number of piperidine rings is 1. The van der Waals surface area contributed by atoms with Gasteiger partial charge in [0.05, 0.1) is 0 Å². The molecule has 1 aromatic carbocycles. The number of aromatic nitrogens is 1. The molecular formula is C20H23N3O2. The van der Waals surface area contributed by atoms with Gasteiger partial charge in [0.15, 0.2) is 0 Å². The van der Waals surface area contributed by atoms with Gasteiger partial charge in [0.1, 0.15) is 11.6 Å². The minimum atomic E-state index is -0.0744. The Morgan fingerprint density at radius 1 is 1.20 bits per heavy atom. The van der Waals surface area contributed by atoms with Crippen LogP contribution in [0.5, 0.6) is 0 Å². The highest BCUT2D eigenvalue weighted by molar-refractivity contribution is 5.95. The van der Waals surface area contributed by atoms with E-state index < -0.39 is 0 Å². The largest absolute Gasteiger partial charge is 0.384 e. The van der Waals surface area contributed by atoms with Crippen LogP contribution in [0.25, 0.3) is 0 Å². The average Bonchev–Trinajstić information content (AvgIpc) is 2.66. The van der Waals surface area contributed by atoms with Crippen LogP contribution in [-0.4, -0.2) is 34.7 Å². The zero-order chi connectivity index (χ0) is 17.6. The number of carbonyl (C=O) groups is 2. The first-order valence-electron chi connectivity index (χ1n) is 8.71. The smallest absolute Gasteiger partial charge is 0.254 e. The van der Waals surface area contributed by atoms with E-state index in [0.717, 1.165) is 19.3 Å². The molecule has 2 heterocycles. The first-order valence-corrected chi connectivity index (χ1v) is 8.71. The Labute approximate surface area is 147 Å². The van der Waals surface area contributed by atoms with Crippen LogP contribution in [0.1, 0.15) is 35.2 Å². The third kappa shape index (κ3) is 4.44. The maximum atomic E-state index is 12.6.